The summed E-state index contributed by atoms with van der Waals surface area (Å²) in [5.41, 5.74) is 3.13. The Hall–Kier alpha value is -1.29. The summed E-state index contributed by atoms with van der Waals surface area (Å²) >= 11 is 1.28. The van der Waals surface area contributed by atoms with Crippen LogP contribution in [0.1, 0.15) is 19.5 Å². The summed E-state index contributed by atoms with van der Waals surface area (Å²) in [5.74, 6) is 0.601. The summed E-state index contributed by atoms with van der Waals surface area (Å²) in [6.07, 6.45) is 4.58. The minimum absolute atomic E-state index is 0.601. The lowest BCUT2D eigenvalue weighted by Crippen LogP contribution is -1.96. The van der Waals surface area contributed by atoms with Crippen LogP contribution in [0.25, 0.3) is 11.3 Å². The molecule has 0 spiro atoms. The molecule has 15 heavy (non-hydrogen) atoms. The van der Waals surface area contributed by atoms with Crippen molar-refractivity contribution in [1.29, 1.82) is 0 Å². The molecule has 0 N–H and O–H groups in total. The van der Waals surface area contributed by atoms with E-state index in [0.29, 0.717) is 5.92 Å². The molecule has 2 rings (SSSR count). The predicted octanol–water partition coefficient (Wildman–Crippen LogP) is 2.80. The van der Waals surface area contributed by atoms with E-state index in [2.05, 4.69) is 27.6 Å². The molecule has 0 aliphatic rings. The van der Waals surface area contributed by atoms with Crippen LogP contribution >= 0.6 is 11.7 Å². The third kappa shape index (κ3) is 2.39. The largest absolute Gasteiger partial charge is 0.264 e. The van der Waals surface area contributed by atoms with Crippen molar-refractivity contribution in [3.8, 4) is 11.3 Å². The molecule has 4 heteroatoms. The molecule has 3 nitrogen and oxygen atoms in total. The van der Waals surface area contributed by atoms with E-state index in [-0.39, 0.29) is 0 Å². The first-order chi connectivity index (χ1) is 7.27. The monoisotopic (exact) mass is 219 g/mol. The first-order valence-corrected chi connectivity index (χ1v) is 5.72. The van der Waals surface area contributed by atoms with Crippen LogP contribution in [0, 0.1) is 5.92 Å². The van der Waals surface area contributed by atoms with E-state index >= 15 is 0 Å². The molecule has 2 aromatic heterocycles. The second-order valence-electron chi connectivity index (χ2n) is 3.90. The molecule has 0 fully saturated rings. The van der Waals surface area contributed by atoms with Crippen LogP contribution in [0.15, 0.2) is 24.5 Å². The van der Waals surface area contributed by atoms with Crippen LogP contribution in [-0.2, 0) is 6.42 Å². The first-order valence-electron chi connectivity index (χ1n) is 4.99. The van der Waals surface area contributed by atoms with Gasteiger partial charge < -0.3 is 0 Å². The Labute approximate surface area is 93.5 Å². The van der Waals surface area contributed by atoms with E-state index in [4.69, 9.17) is 0 Å². The molecule has 0 amide bonds. The molecule has 0 aliphatic heterocycles. The molecule has 78 valence electrons. The van der Waals surface area contributed by atoms with Crippen LogP contribution < -0.4 is 0 Å². The Kier molecular flexibility index (Phi) is 3.06. The fourth-order valence-electron chi connectivity index (χ4n) is 1.45. The van der Waals surface area contributed by atoms with Crippen molar-refractivity contribution in [3.63, 3.8) is 0 Å². The Morgan fingerprint density at radius 1 is 1.33 bits per heavy atom. The van der Waals surface area contributed by atoms with Crippen LogP contribution in [-0.4, -0.2) is 13.7 Å². The lowest BCUT2D eigenvalue weighted by atomic mass is 10.0. The zero-order chi connectivity index (χ0) is 10.7. The van der Waals surface area contributed by atoms with Crippen molar-refractivity contribution >= 4 is 11.7 Å². The summed E-state index contributed by atoms with van der Waals surface area (Å²) < 4.78 is 8.67. The van der Waals surface area contributed by atoms with Crippen LogP contribution in [0.5, 0.6) is 0 Å². The van der Waals surface area contributed by atoms with Crippen molar-refractivity contribution in [3.05, 3.63) is 30.2 Å². The molecule has 0 radical (unpaired) electrons. The molecule has 0 bridgehead atoms. The molecule has 2 aromatic rings. The summed E-state index contributed by atoms with van der Waals surface area (Å²) in [4.78, 5) is 4.10. The first kappa shape index (κ1) is 10.2. The summed E-state index contributed by atoms with van der Waals surface area (Å²) in [7, 11) is 0. The second kappa shape index (κ2) is 4.49. The second-order valence-corrected chi connectivity index (χ2v) is 4.43. The van der Waals surface area contributed by atoms with Gasteiger partial charge in [-0.15, -0.1) is 0 Å². The highest BCUT2D eigenvalue weighted by molar-refractivity contribution is 6.99. The maximum atomic E-state index is 4.34. The lowest BCUT2D eigenvalue weighted by molar-refractivity contribution is 0.640. The van der Waals surface area contributed by atoms with Gasteiger partial charge in [-0.2, -0.15) is 8.75 Å². The maximum absolute atomic E-state index is 4.34. The van der Waals surface area contributed by atoms with Crippen LogP contribution in [0.4, 0.5) is 0 Å². The Morgan fingerprint density at radius 2 is 2.20 bits per heavy atom. The Morgan fingerprint density at radius 3 is 2.87 bits per heavy atom. The van der Waals surface area contributed by atoms with E-state index < -0.39 is 0 Å². The summed E-state index contributed by atoms with van der Waals surface area (Å²) in [6.45, 7) is 4.37. The van der Waals surface area contributed by atoms with Crippen molar-refractivity contribution in [2.24, 2.45) is 5.92 Å². The zero-order valence-electron chi connectivity index (χ0n) is 8.84. The highest BCUT2D eigenvalue weighted by Crippen LogP contribution is 2.22. The number of hydrogen-bond donors (Lipinski definition) is 0. The molecule has 0 saturated heterocycles. The Bertz CT molecular complexity index is 422. The zero-order valence-corrected chi connectivity index (χ0v) is 9.66. The standard InChI is InChI=1S/C11H13N3S/c1-8(2)6-10-11(14-15-13-10)9-4-3-5-12-7-9/h3-5,7-8H,6H2,1-2H3. The Balaban J connectivity index is 2.33. The van der Waals surface area contributed by atoms with Crippen molar-refractivity contribution in [1.82, 2.24) is 13.7 Å². The maximum Gasteiger partial charge on any atom is 0.109 e. The minimum Gasteiger partial charge on any atom is -0.264 e. The van der Waals surface area contributed by atoms with Gasteiger partial charge in [0.2, 0.25) is 0 Å². The van der Waals surface area contributed by atoms with Gasteiger partial charge in [0.25, 0.3) is 0 Å². The van der Waals surface area contributed by atoms with Gasteiger partial charge in [0, 0.05) is 18.0 Å². The molecule has 0 aliphatic carbocycles. The molecule has 0 saturated carbocycles. The minimum atomic E-state index is 0.601. The van der Waals surface area contributed by atoms with Crippen molar-refractivity contribution in [2.45, 2.75) is 20.3 Å². The molecule has 0 aromatic carbocycles. The lowest BCUT2D eigenvalue weighted by Gasteiger charge is -2.03. The van der Waals surface area contributed by atoms with Gasteiger partial charge >= 0.3 is 0 Å². The third-order valence-electron chi connectivity index (χ3n) is 2.09. The van der Waals surface area contributed by atoms with E-state index in [1.54, 1.807) is 6.20 Å². The van der Waals surface area contributed by atoms with Gasteiger partial charge in [-0.3, -0.25) is 4.98 Å². The van der Waals surface area contributed by atoms with Crippen LogP contribution in [0.2, 0.25) is 0 Å². The van der Waals surface area contributed by atoms with Gasteiger partial charge in [-0.1, -0.05) is 13.8 Å². The third-order valence-corrected chi connectivity index (χ3v) is 2.66. The molecule has 0 atom stereocenters. The highest BCUT2D eigenvalue weighted by atomic mass is 32.1. The van der Waals surface area contributed by atoms with Gasteiger partial charge in [-0.05, 0) is 24.5 Å². The fourth-order valence-corrected chi connectivity index (χ4v) is 2.04. The van der Waals surface area contributed by atoms with Gasteiger partial charge in [0.15, 0.2) is 0 Å². The number of pyridine rings is 1. The average Bonchev–Trinajstić information content (AvgIpc) is 2.66. The van der Waals surface area contributed by atoms with Gasteiger partial charge in [0.1, 0.15) is 5.69 Å². The summed E-state index contributed by atoms with van der Waals surface area (Å²) in [5, 5.41) is 0. The number of rotatable bonds is 3. The summed E-state index contributed by atoms with van der Waals surface area (Å²) in [6, 6.07) is 3.95. The highest BCUT2D eigenvalue weighted by Gasteiger charge is 2.11. The smallest absolute Gasteiger partial charge is 0.109 e. The molecule has 2 heterocycles. The topological polar surface area (TPSA) is 38.7 Å². The fraction of sp³-hybridized carbons (Fsp3) is 0.364. The number of hydrogen-bond acceptors (Lipinski definition) is 4. The quantitative estimate of drug-likeness (QED) is 0.796. The number of aromatic nitrogens is 3. The van der Waals surface area contributed by atoms with Crippen LogP contribution in [0.3, 0.4) is 0 Å². The van der Waals surface area contributed by atoms with Gasteiger partial charge in [-0.25, -0.2) is 0 Å². The van der Waals surface area contributed by atoms with E-state index in [9.17, 15) is 0 Å². The molecular formula is C11H13N3S. The SMILES string of the molecule is CC(C)Cc1nsnc1-c1cccnc1. The van der Waals surface area contributed by atoms with Gasteiger partial charge in [0.05, 0.1) is 17.4 Å². The van der Waals surface area contributed by atoms with E-state index in [1.807, 2.05) is 18.3 Å². The van der Waals surface area contributed by atoms with Crippen molar-refractivity contribution < 1.29 is 0 Å². The average molecular weight is 219 g/mol. The van der Waals surface area contributed by atoms with E-state index in [1.165, 1.54) is 11.7 Å². The molecular weight excluding hydrogens is 206 g/mol. The normalized spacial score (nSPS) is 10.9. The number of nitrogens with zero attached hydrogens (tertiary/aromatic N) is 3. The van der Waals surface area contributed by atoms with Crippen molar-refractivity contribution in [2.75, 3.05) is 0 Å². The predicted molar refractivity (Wildman–Crippen MR) is 61.7 cm³/mol. The van der Waals surface area contributed by atoms with E-state index in [0.717, 1.165) is 23.4 Å². The molecule has 0 unspecified atom stereocenters.